The maximum Gasteiger partial charge on any atom is 0.257 e. The van der Waals surface area contributed by atoms with Gasteiger partial charge in [0.1, 0.15) is 0 Å². The summed E-state index contributed by atoms with van der Waals surface area (Å²) in [5.74, 6) is 0.608. The lowest BCUT2D eigenvalue weighted by atomic mass is 9.99. The molecule has 5 nitrogen and oxygen atoms in total. The first-order valence-electron chi connectivity index (χ1n) is 8.23. The number of carbonyl (C=O) groups excluding carboxylic acids is 1. The number of hydrogen-bond donors (Lipinski definition) is 0. The highest BCUT2D eigenvalue weighted by Crippen LogP contribution is 2.31. The molecule has 1 unspecified atom stereocenters. The van der Waals surface area contributed by atoms with Crippen LogP contribution in [0.15, 0.2) is 40.4 Å². The predicted molar refractivity (Wildman–Crippen MR) is 94.6 cm³/mol. The van der Waals surface area contributed by atoms with Gasteiger partial charge in [-0.25, -0.2) is 4.98 Å². The van der Waals surface area contributed by atoms with E-state index in [9.17, 15) is 9.59 Å². The molecule has 2 aromatic rings. The summed E-state index contributed by atoms with van der Waals surface area (Å²) in [6, 6.07) is 8.12. The van der Waals surface area contributed by atoms with Gasteiger partial charge in [-0.05, 0) is 31.4 Å². The first-order valence-corrected chi connectivity index (χ1v) is 9.22. The molecule has 1 amide bonds. The molecule has 124 valence electrons. The Labute approximate surface area is 144 Å². The van der Waals surface area contributed by atoms with Crippen molar-refractivity contribution in [3.05, 3.63) is 51.9 Å². The lowest BCUT2D eigenvalue weighted by molar-refractivity contribution is -0.122. The largest absolute Gasteiger partial charge is 0.312 e. The van der Waals surface area contributed by atoms with Crippen LogP contribution >= 0.6 is 11.8 Å². The topological polar surface area (TPSA) is 55.2 Å². The van der Waals surface area contributed by atoms with E-state index >= 15 is 0 Å². The van der Waals surface area contributed by atoms with Crippen molar-refractivity contribution in [3.8, 4) is 0 Å². The van der Waals surface area contributed by atoms with Crippen molar-refractivity contribution in [1.82, 2.24) is 9.55 Å². The SMILES string of the molecule is Cc1cnc2n(c1=O)CC(C(=O)N1CCCc3ccccc31)CS2. The van der Waals surface area contributed by atoms with Crippen LogP contribution in [0.25, 0.3) is 0 Å². The lowest BCUT2D eigenvalue weighted by Gasteiger charge is -2.34. The summed E-state index contributed by atoms with van der Waals surface area (Å²) < 4.78 is 1.65. The number of thioether (sulfide) groups is 1. The zero-order valence-corrected chi connectivity index (χ0v) is 14.4. The number of anilines is 1. The third-order valence-corrected chi connectivity index (χ3v) is 5.88. The fraction of sp³-hybridized carbons (Fsp3) is 0.389. The van der Waals surface area contributed by atoms with Crippen LogP contribution in [0.3, 0.4) is 0 Å². The number of nitrogens with zero attached hydrogens (tertiary/aromatic N) is 3. The van der Waals surface area contributed by atoms with Crippen LogP contribution in [-0.2, 0) is 17.8 Å². The van der Waals surface area contributed by atoms with Gasteiger partial charge in [-0.15, -0.1) is 0 Å². The predicted octanol–water partition coefficient (Wildman–Crippen LogP) is 2.25. The molecule has 24 heavy (non-hydrogen) atoms. The zero-order chi connectivity index (χ0) is 16.7. The van der Waals surface area contributed by atoms with E-state index in [0.29, 0.717) is 23.0 Å². The van der Waals surface area contributed by atoms with Crippen LogP contribution in [-0.4, -0.2) is 27.8 Å². The van der Waals surface area contributed by atoms with E-state index in [0.717, 1.165) is 25.1 Å². The third kappa shape index (κ3) is 2.55. The van der Waals surface area contributed by atoms with Gasteiger partial charge < -0.3 is 4.90 Å². The summed E-state index contributed by atoms with van der Waals surface area (Å²) in [7, 11) is 0. The maximum absolute atomic E-state index is 13.1. The highest BCUT2D eigenvalue weighted by molar-refractivity contribution is 7.99. The Morgan fingerprint density at radius 2 is 2.17 bits per heavy atom. The Hall–Kier alpha value is -2.08. The molecule has 0 spiro atoms. The number of fused-ring (bicyclic) bond motifs is 2. The molecule has 3 heterocycles. The summed E-state index contributed by atoms with van der Waals surface area (Å²) in [6.45, 7) is 2.94. The number of hydrogen-bond acceptors (Lipinski definition) is 4. The van der Waals surface area contributed by atoms with E-state index in [1.807, 2.05) is 23.1 Å². The van der Waals surface area contributed by atoms with E-state index in [2.05, 4.69) is 11.1 Å². The van der Waals surface area contributed by atoms with Crippen molar-refractivity contribution >= 4 is 23.4 Å². The number of rotatable bonds is 1. The monoisotopic (exact) mass is 341 g/mol. The molecule has 1 aromatic heterocycles. The molecule has 2 aliphatic heterocycles. The Kier molecular flexibility index (Phi) is 3.92. The number of aryl methyl sites for hydroxylation is 2. The second-order valence-corrected chi connectivity index (χ2v) is 7.36. The quantitative estimate of drug-likeness (QED) is 0.747. The van der Waals surface area contributed by atoms with Crippen LogP contribution in [0.1, 0.15) is 17.5 Å². The molecule has 1 atom stereocenters. The van der Waals surface area contributed by atoms with E-state index in [1.54, 1.807) is 17.7 Å². The molecule has 4 rings (SSSR count). The van der Waals surface area contributed by atoms with Crippen LogP contribution in [0.2, 0.25) is 0 Å². The van der Waals surface area contributed by atoms with Gasteiger partial charge in [0.15, 0.2) is 5.16 Å². The minimum absolute atomic E-state index is 0.0379. The normalized spacial score (nSPS) is 19.5. The lowest BCUT2D eigenvalue weighted by Crippen LogP contribution is -2.44. The molecule has 0 fully saturated rings. The van der Waals surface area contributed by atoms with Gasteiger partial charge in [0, 0.05) is 36.3 Å². The molecule has 1 aromatic carbocycles. The Balaban J connectivity index is 1.63. The molecule has 0 saturated carbocycles. The van der Waals surface area contributed by atoms with Gasteiger partial charge in [0.25, 0.3) is 5.56 Å². The van der Waals surface area contributed by atoms with Crippen molar-refractivity contribution in [1.29, 1.82) is 0 Å². The second-order valence-electron chi connectivity index (χ2n) is 6.37. The van der Waals surface area contributed by atoms with Gasteiger partial charge in [-0.1, -0.05) is 30.0 Å². The molecular weight excluding hydrogens is 322 g/mol. The van der Waals surface area contributed by atoms with Crippen molar-refractivity contribution < 1.29 is 4.79 Å². The van der Waals surface area contributed by atoms with Crippen LogP contribution in [0.5, 0.6) is 0 Å². The highest BCUT2D eigenvalue weighted by Gasteiger charge is 2.32. The molecular formula is C18H19N3O2S. The summed E-state index contributed by atoms with van der Waals surface area (Å²) in [5.41, 5.74) is 2.84. The molecule has 2 aliphatic rings. The Morgan fingerprint density at radius 3 is 3.04 bits per heavy atom. The summed E-state index contributed by atoms with van der Waals surface area (Å²) in [5, 5.41) is 0.716. The molecule has 0 bridgehead atoms. The van der Waals surface area contributed by atoms with Gasteiger partial charge in [0.2, 0.25) is 5.91 Å². The van der Waals surface area contributed by atoms with E-state index in [1.165, 1.54) is 17.3 Å². The average Bonchev–Trinajstić information content (AvgIpc) is 2.63. The summed E-state index contributed by atoms with van der Waals surface area (Å²) in [4.78, 5) is 31.7. The zero-order valence-electron chi connectivity index (χ0n) is 13.6. The van der Waals surface area contributed by atoms with E-state index < -0.39 is 0 Å². The Morgan fingerprint density at radius 1 is 1.33 bits per heavy atom. The van der Waals surface area contributed by atoms with Crippen molar-refractivity contribution in [2.75, 3.05) is 17.2 Å². The van der Waals surface area contributed by atoms with Gasteiger partial charge in [-0.2, -0.15) is 0 Å². The maximum atomic E-state index is 13.1. The van der Waals surface area contributed by atoms with Gasteiger partial charge in [0.05, 0.1) is 5.92 Å². The first kappa shape index (κ1) is 15.4. The molecule has 0 aliphatic carbocycles. The second kappa shape index (κ2) is 6.09. The van der Waals surface area contributed by atoms with Crippen molar-refractivity contribution in [3.63, 3.8) is 0 Å². The highest BCUT2D eigenvalue weighted by atomic mass is 32.2. The minimum Gasteiger partial charge on any atom is -0.312 e. The fourth-order valence-electron chi connectivity index (χ4n) is 3.43. The Bertz CT molecular complexity index is 862. The number of amides is 1. The van der Waals surface area contributed by atoms with Crippen molar-refractivity contribution in [2.45, 2.75) is 31.5 Å². The number of carbonyl (C=O) groups is 1. The summed E-state index contributed by atoms with van der Waals surface area (Å²) in [6.07, 6.45) is 3.62. The third-order valence-electron chi connectivity index (χ3n) is 4.72. The van der Waals surface area contributed by atoms with Crippen LogP contribution in [0, 0.1) is 12.8 Å². The summed E-state index contributed by atoms with van der Waals surface area (Å²) >= 11 is 1.50. The smallest absolute Gasteiger partial charge is 0.257 e. The van der Waals surface area contributed by atoms with Crippen LogP contribution in [0.4, 0.5) is 5.69 Å². The number of aromatic nitrogens is 2. The average molecular weight is 341 g/mol. The van der Waals surface area contributed by atoms with E-state index in [4.69, 9.17) is 0 Å². The minimum atomic E-state index is -0.185. The molecule has 0 N–H and O–H groups in total. The standard InChI is InChI=1S/C18H19N3O2S/c1-12-9-19-18-21(16(12)22)10-14(11-24-18)17(23)20-8-4-6-13-5-2-3-7-15(13)20/h2-3,5,7,9,14H,4,6,8,10-11H2,1H3. The molecule has 0 saturated heterocycles. The van der Waals surface area contributed by atoms with E-state index in [-0.39, 0.29) is 17.4 Å². The van der Waals surface area contributed by atoms with Crippen LogP contribution < -0.4 is 10.5 Å². The first-order chi connectivity index (χ1) is 11.6. The molecule has 0 radical (unpaired) electrons. The van der Waals surface area contributed by atoms with Crippen molar-refractivity contribution in [2.24, 2.45) is 5.92 Å². The van der Waals surface area contributed by atoms with Gasteiger partial charge >= 0.3 is 0 Å². The van der Waals surface area contributed by atoms with Gasteiger partial charge in [-0.3, -0.25) is 14.2 Å². The fourth-order valence-corrected chi connectivity index (χ4v) is 4.47. The molecule has 6 heteroatoms. The number of para-hydroxylation sites is 1. The number of benzene rings is 1.